The number of ether oxygens (including phenoxy) is 1. The Morgan fingerprint density at radius 2 is 2.05 bits per heavy atom. The minimum Gasteiger partial charge on any atom is -0.480 e. The van der Waals surface area contributed by atoms with E-state index in [-0.39, 0.29) is 18.8 Å². The molecule has 22 heavy (non-hydrogen) atoms. The van der Waals surface area contributed by atoms with Crippen molar-refractivity contribution < 1.29 is 19.4 Å². The normalized spacial score (nSPS) is 18.2. The molecule has 8 heteroatoms. The van der Waals surface area contributed by atoms with Gasteiger partial charge in [-0.3, -0.25) is 4.79 Å². The maximum absolute atomic E-state index is 12.5. The van der Waals surface area contributed by atoms with Gasteiger partial charge >= 0.3 is 5.97 Å². The number of hydrogen-bond donors (Lipinski definition) is 1. The van der Waals surface area contributed by atoms with Crippen molar-refractivity contribution in [1.29, 1.82) is 0 Å². The second-order valence-corrected chi connectivity index (χ2v) is 4.78. The quantitative estimate of drug-likeness (QED) is 0.869. The summed E-state index contributed by atoms with van der Waals surface area (Å²) in [6.07, 6.45) is 1.34. The van der Waals surface area contributed by atoms with Gasteiger partial charge in [0.1, 0.15) is 0 Å². The van der Waals surface area contributed by atoms with Gasteiger partial charge in [0.2, 0.25) is 0 Å². The van der Waals surface area contributed by atoms with Gasteiger partial charge in [-0.1, -0.05) is 18.2 Å². The van der Waals surface area contributed by atoms with E-state index in [4.69, 9.17) is 4.74 Å². The van der Waals surface area contributed by atoms with Gasteiger partial charge in [-0.25, -0.2) is 4.79 Å². The van der Waals surface area contributed by atoms with Gasteiger partial charge in [0, 0.05) is 6.54 Å². The van der Waals surface area contributed by atoms with Gasteiger partial charge in [0.15, 0.2) is 11.7 Å². The monoisotopic (exact) mass is 302 g/mol. The summed E-state index contributed by atoms with van der Waals surface area (Å²) >= 11 is 0. The number of aliphatic carboxylic acids is 1. The summed E-state index contributed by atoms with van der Waals surface area (Å²) in [6.45, 7) is 0.504. The van der Waals surface area contributed by atoms with E-state index in [1.54, 1.807) is 0 Å². The van der Waals surface area contributed by atoms with Crippen LogP contribution < -0.4 is 0 Å². The first-order chi connectivity index (χ1) is 10.7. The minimum absolute atomic E-state index is 0.0199. The molecule has 0 aliphatic carbocycles. The number of morpholine rings is 1. The summed E-state index contributed by atoms with van der Waals surface area (Å²) in [7, 11) is 0. The highest BCUT2D eigenvalue weighted by Gasteiger charge is 2.34. The second-order valence-electron chi connectivity index (χ2n) is 4.78. The zero-order valence-corrected chi connectivity index (χ0v) is 11.6. The van der Waals surface area contributed by atoms with Gasteiger partial charge in [-0.05, 0) is 12.1 Å². The van der Waals surface area contributed by atoms with Crippen LogP contribution in [0.2, 0.25) is 0 Å². The molecule has 2 aromatic rings. The van der Waals surface area contributed by atoms with E-state index in [1.165, 1.54) is 15.9 Å². The molecule has 0 bridgehead atoms. The molecule has 114 valence electrons. The molecule has 1 saturated heterocycles. The first-order valence-electron chi connectivity index (χ1n) is 6.76. The molecule has 1 unspecified atom stereocenters. The molecule has 8 nitrogen and oxygen atoms in total. The summed E-state index contributed by atoms with van der Waals surface area (Å²) in [5.74, 6) is -1.55. The highest BCUT2D eigenvalue weighted by atomic mass is 16.5. The van der Waals surface area contributed by atoms with Crippen molar-refractivity contribution in [1.82, 2.24) is 19.9 Å². The molecule has 1 aliphatic heterocycles. The van der Waals surface area contributed by atoms with Crippen LogP contribution in [-0.2, 0) is 9.53 Å². The summed E-state index contributed by atoms with van der Waals surface area (Å²) in [6, 6.07) is 8.16. The molecule has 0 spiro atoms. The van der Waals surface area contributed by atoms with Crippen LogP contribution in [0.25, 0.3) is 5.69 Å². The number of carboxylic acids is 1. The van der Waals surface area contributed by atoms with Gasteiger partial charge in [0.25, 0.3) is 5.91 Å². The van der Waals surface area contributed by atoms with Crippen LogP contribution in [0.1, 0.15) is 10.5 Å². The number of aromatic nitrogens is 3. The standard InChI is InChI=1S/C14H14N4O4/c19-13(17-6-7-22-9-12(17)14(20)21)11-8-15-18(16-11)10-4-2-1-3-5-10/h1-5,8,12H,6-7,9H2,(H,20,21). The van der Waals surface area contributed by atoms with Crippen LogP contribution in [0, 0.1) is 0 Å². The minimum atomic E-state index is -1.09. The van der Waals surface area contributed by atoms with Crippen molar-refractivity contribution in [3.05, 3.63) is 42.2 Å². The van der Waals surface area contributed by atoms with Crippen LogP contribution in [0.4, 0.5) is 0 Å². The zero-order valence-electron chi connectivity index (χ0n) is 11.6. The third kappa shape index (κ3) is 2.68. The predicted octanol–water partition coefficient (Wildman–Crippen LogP) is 0.193. The number of carbonyl (C=O) groups excluding carboxylic acids is 1. The van der Waals surface area contributed by atoms with E-state index in [2.05, 4.69) is 10.2 Å². The van der Waals surface area contributed by atoms with Crippen molar-refractivity contribution in [2.75, 3.05) is 19.8 Å². The Balaban J connectivity index is 1.83. The highest BCUT2D eigenvalue weighted by molar-refractivity contribution is 5.94. The van der Waals surface area contributed by atoms with Crippen molar-refractivity contribution in [3.63, 3.8) is 0 Å². The fourth-order valence-corrected chi connectivity index (χ4v) is 2.25. The average molecular weight is 302 g/mol. The third-order valence-electron chi connectivity index (χ3n) is 3.37. The number of carbonyl (C=O) groups is 2. The second kappa shape index (κ2) is 5.94. The molecular formula is C14H14N4O4. The molecule has 1 N–H and O–H groups in total. The van der Waals surface area contributed by atoms with E-state index in [0.717, 1.165) is 5.69 Å². The van der Waals surface area contributed by atoms with E-state index in [1.807, 2.05) is 30.3 Å². The Kier molecular flexibility index (Phi) is 3.84. The van der Waals surface area contributed by atoms with Crippen molar-refractivity contribution in [3.8, 4) is 5.69 Å². The third-order valence-corrected chi connectivity index (χ3v) is 3.37. The molecule has 1 aromatic heterocycles. The van der Waals surface area contributed by atoms with E-state index in [9.17, 15) is 14.7 Å². The van der Waals surface area contributed by atoms with E-state index in [0.29, 0.717) is 6.61 Å². The fourth-order valence-electron chi connectivity index (χ4n) is 2.25. The number of amides is 1. The molecular weight excluding hydrogens is 288 g/mol. The largest absolute Gasteiger partial charge is 0.480 e. The number of rotatable bonds is 3. The van der Waals surface area contributed by atoms with E-state index < -0.39 is 17.9 Å². The molecule has 0 radical (unpaired) electrons. The summed E-state index contributed by atoms with van der Waals surface area (Å²) in [5, 5.41) is 17.4. The molecule has 1 atom stereocenters. The SMILES string of the molecule is O=C(O)C1COCCN1C(=O)c1cnn(-c2ccccc2)n1. The van der Waals surface area contributed by atoms with Gasteiger partial charge in [-0.15, -0.1) is 5.10 Å². The number of hydrogen-bond acceptors (Lipinski definition) is 5. The number of carboxylic acid groups (broad SMARTS) is 1. The number of para-hydroxylation sites is 1. The Morgan fingerprint density at radius 1 is 1.27 bits per heavy atom. The van der Waals surface area contributed by atoms with Crippen LogP contribution in [0.15, 0.2) is 36.5 Å². The van der Waals surface area contributed by atoms with Crippen LogP contribution in [-0.4, -0.2) is 62.7 Å². The number of nitrogens with zero attached hydrogens (tertiary/aromatic N) is 4. The molecule has 1 fully saturated rings. The van der Waals surface area contributed by atoms with Gasteiger partial charge in [-0.2, -0.15) is 9.90 Å². The van der Waals surface area contributed by atoms with Crippen LogP contribution in [0.5, 0.6) is 0 Å². The smallest absolute Gasteiger partial charge is 0.328 e. The highest BCUT2D eigenvalue weighted by Crippen LogP contribution is 2.12. The lowest BCUT2D eigenvalue weighted by Crippen LogP contribution is -2.52. The Hall–Kier alpha value is -2.74. The lowest BCUT2D eigenvalue weighted by molar-refractivity contribution is -0.147. The average Bonchev–Trinajstić information content (AvgIpc) is 3.05. The lowest BCUT2D eigenvalue weighted by Gasteiger charge is -2.32. The molecule has 3 rings (SSSR count). The van der Waals surface area contributed by atoms with Gasteiger partial charge in [0.05, 0.1) is 25.1 Å². The number of benzene rings is 1. The topological polar surface area (TPSA) is 97.5 Å². The van der Waals surface area contributed by atoms with Crippen molar-refractivity contribution >= 4 is 11.9 Å². The first-order valence-corrected chi connectivity index (χ1v) is 6.76. The molecule has 1 amide bonds. The van der Waals surface area contributed by atoms with Crippen LogP contribution in [0.3, 0.4) is 0 Å². The first kappa shape index (κ1) is 14.2. The van der Waals surface area contributed by atoms with Crippen LogP contribution >= 0.6 is 0 Å². The lowest BCUT2D eigenvalue weighted by atomic mass is 10.2. The Labute approximate surface area is 125 Å². The summed E-state index contributed by atoms with van der Waals surface area (Å²) in [4.78, 5) is 26.3. The van der Waals surface area contributed by atoms with Gasteiger partial charge < -0.3 is 14.7 Å². The fraction of sp³-hybridized carbons (Fsp3) is 0.286. The van der Waals surface area contributed by atoms with Crippen molar-refractivity contribution in [2.45, 2.75) is 6.04 Å². The predicted molar refractivity (Wildman–Crippen MR) is 74.6 cm³/mol. The molecule has 1 aliphatic rings. The Bertz CT molecular complexity index is 685. The summed E-state index contributed by atoms with van der Waals surface area (Å²) in [5.41, 5.74) is 0.829. The molecule has 1 aromatic carbocycles. The van der Waals surface area contributed by atoms with Crippen molar-refractivity contribution in [2.24, 2.45) is 0 Å². The molecule has 0 saturated carbocycles. The zero-order chi connectivity index (χ0) is 15.5. The summed E-state index contributed by atoms with van der Waals surface area (Å²) < 4.78 is 5.12. The Morgan fingerprint density at radius 3 is 2.77 bits per heavy atom. The maximum atomic E-state index is 12.5. The van der Waals surface area contributed by atoms with E-state index >= 15 is 0 Å². The molecule has 2 heterocycles. The maximum Gasteiger partial charge on any atom is 0.328 e.